The fourth-order valence-corrected chi connectivity index (χ4v) is 2.93. The number of nitrogens with zero attached hydrogens (tertiary/aromatic N) is 1. The van der Waals surface area contributed by atoms with Gasteiger partial charge in [0, 0.05) is 30.6 Å². The second kappa shape index (κ2) is 8.52. The van der Waals surface area contributed by atoms with Crippen molar-refractivity contribution in [3.63, 3.8) is 0 Å². The number of benzene rings is 2. The van der Waals surface area contributed by atoms with Gasteiger partial charge in [0.25, 0.3) is 5.91 Å². The summed E-state index contributed by atoms with van der Waals surface area (Å²) in [4.78, 5) is 40.7. The van der Waals surface area contributed by atoms with Crippen LogP contribution >= 0.6 is 0 Å². The van der Waals surface area contributed by atoms with Crippen molar-refractivity contribution in [2.75, 3.05) is 13.7 Å². The van der Waals surface area contributed by atoms with Gasteiger partial charge in [-0.05, 0) is 23.6 Å². The third-order valence-corrected chi connectivity index (χ3v) is 4.57. The number of pyridine rings is 1. The fraction of sp³-hybridized carbons (Fsp3) is 0.227. The first-order chi connectivity index (χ1) is 13.5. The molecule has 1 heterocycles. The van der Waals surface area contributed by atoms with Crippen molar-refractivity contribution < 1.29 is 14.3 Å². The number of carbonyl (C=O) groups is 2. The summed E-state index contributed by atoms with van der Waals surface area (Å²) in [5, 5.41) is 0.573. The lowest BCUT2D eigenvalue weighted by molar-refractivity contribution is -0.133. The monoisotopic (exact) mass is 378 g/mol. The molecule has 0 spiro atoms. The standard InChI is InChI=1S/C22H22N2O4/c1-3-15-8-10-16(11-9-15)13-24(2)21(26)14-28-22(27)18-12-20(25)23-19-7-5-4-6-17(18)19/h4-12H,3,13-14H2,1-2H3,(H,23,25). The van der Waals surface area contributed by atoms with E-state index in [1.165, 1.54) is 16.5 Å². The molecule has 0 aliphatic heterocycles. The second-order valence-electron chi connectivity index (χ2n) is 6.59. The minimum absolute atomic E-state index is 0.143. The number of nitrogens with one attached hydrogen (secondary N) is 1. The summed E-state index contributed by atoms with van der Waals surface area (Å²) in [5.41, 5.74) is 2.52. The molecule has 0 fully saturated rings. The SMILES string of the molecule is CCc1ccc(CN(C)C(=O)COC(=O)c2cc(=O)[nH]c3ccccc23)cc1. The van der Waals surface area contributed by atoms with E-state index >= 15 is 0 Å². The molecule has 3 rings (SSSR count). The summed E-state index contributed by atoms with van der Waals surface area (Å²) in [5.74, 6) is -1.02. The highest BCUT2D eigenvalue weighted by Crippen LogP contribution is 2.15. The third-order valence-electron chi connectivity index (χ3n) is 4.57. The van der Waals surface area contributed by atoms with Crippen molar-refractivity contribution in [1.29, 1.82) is 0 Å². The number of aryl methyl sites for hydroxylation is 1. The molecule has 0 unspecified atom stereocenters. The number of ether oxygens (including phenoxy) is 1. The van der Waals surface area contributed by atoms with Gasteiger partial charge in [-0.3, -0.25) is 9.59 Å². The number of rotatable bonds is 6. The van der Waals surface area contributed by atoms with Crippen molar-refractivity contribution in [2.24, 2.45) is 0 Å². The van der Waals surface area contributed by atoms with Gasteiger partial charge >= 0.3 is 5.97 Å². The second-order valence-corrected chi connectivity index (χ2v) is 6.59. The molecule has 0 aliphatic carbocycles. The van der Waals surface area contributed by atoms with Crippen LogP contribution < -0.4 is 5.56 Å². The Morgan fingerprint density at radius 3 is 2.43 bits per heavy atom. The van der Waals surface area contributed by atoms with Crippen LogP contribution in [-0.4, -0.2) is 35.4 Å². The lowest BCUT2D eigenvalue weighted by atomic mass is 10.1. The Morgan fingerprint density at radius 2 is 1.71 bits per heavy atom. The first-order valence-corrected chi connectivity index (χ1v) is 9.09. The number of amides is 1. The van der Waals surface area contributed by atoms with E-state index < -0.39 is 11.5 Å². The number of aromatic nitrogens is 1. The lowest BCUT2D eigenvalue weighted by Gasteiger charge is -2.17. The highest BCUT2D eigenvalue weighted by molar-refractivity contribution is 6.03. The van der Waals surface area contributed by atoms with Gasteiger partial charge in [0.2, 0.25) is 5.56 Å². The Kier molecular flexibility index (Phi) is 5.89. The van der Waals surface area contributed by atoms with Crippen LogP contribution in [0.15, 0.2) is 59.4 Å². The molecule has 1 N–H and O–H groups in total. The molecule has 0 atom stereocenters. The molecule has 0 radical (unpaired) electrons. The highest BCUT2D eigenvalue weighted by Gasteiger charge is 2.16. The van der Waals surface area contributed by atoms with Crippen LogP contribution in [0.25, 0.3) is 10.9 Å². The van der Waals surface area contributed by atoms with Gasteiger partial charge < -0.3 is 14.6 Å². The maximum atomic E-state index is 12.4. The predicted octanol–water partition coefficient (Wildman–Crippen LogP) is 2.91. The molecule has 1 aromatic heterocycles. The van der Waals surface area contributed by atoms with Gasteiger partial charge in [-0.1, -0.05) is 49.4 Å². The molecule has 3 aromatic rings. The van der Waals surface area contributed by atoms with Gasteiger partial charge in [-0.15, -0.1) is 0 Å². The predicted molar refractivity (Wildman–Crippen MR) is 107 cm³/mol. The van der Waals surface area contributed by atoms with Crippen molar-refractivity contribution in [2.45, 2.75) is 19.9 Å². The number of carbonyl (C=O) groups excluding carboxylic acids is 2. The summed E-state index contributed by atoms with van der Waals surface area (Å²) in [6.45, 7) is 2.13. The van der Waals surface area contributed by atoms with Crippen molar-refractivity contribution in [3.8, 4) is 0 Å². The molecule has 6 heteroatoms. The molecule has 0 saturated carbocycles. The van der Waals surface area contributed by atoms with Crippen LogP contribution in [0.3, 0.4) is 0 Å². The van der Waals surface area contributed by atoms with Crippen molar-refractivity contribution >= 4 is 22.8 Å². The fourth-order valence-electron chi connectivity index (χ4n) is 2.93. The number of esters is 1. The number of hydrogen-bond donors (Lipinski definition) is 1. The van der Waals surface area contributed by atoms with Crippen LogP contribution in [0.4, 0.5) is 0 Å². The number of fused-ring (bicyclic) bond motifs is 1. The summed E-state index contributed by atoms with van der Waals surface area (Å²) in [6.07, 6.45) is 0.960. The van der Waals surface area contributed by atoms with Crippen LogP contribution in [-0.2, 0) is 22.5 Å². The minimum Gasteiger partial charge on any atom is -0.452 e. The molecular weight excluding hydrogens is 356 g/mol. The lowest BCUT2D eigenvalue weighted by Crippen LogP contribution is -2.31. The summed E-state index contributed by atoms with van der Waals surface area (Å²) in [7, 11) is 1.66. The molecule has 6 nitrogen and oxygen atoms in total. The number of para-hydroxylation sites is 1. The largest absolute Gasteiger partial charge is 0.452 e. The molecular formula is C22H22N2O4. The van der Waals surface area contributed by atoms with Crippen LogP contribution in [0.5, 0.6) is 0 Å². The normalized spacial score (nSPS) is 10.6. The molecule has 0 aliphatic rings. The number of aromatic amines is 1. The average Bonchev–Trinajstić information content (AvgIpc) is 2.71. The zero-order valence-electron chi connectivity index (χ0n) is 15.9. The van der Waals surface area contributed by atoms with Crippen molar-refractivity contribution in [1.82, 2.24) is 9.88 Å². The van der Waals surface area contributed by atoms with Gasteiger partial charge in [-0.2, -0.15) is 0 Å². The Balaban J connectivity index is 1.64. The van der Waals surface area contributed by atoms with Crippen LogP contribution in [0.1, 0.15) is 28.4 Å². The zero-order valence-corrected chi connectivity index (χ0v) is 15.9. The van der Waals surface area contributed by atoms with Gasteiger partial charge in [0.05, 0.1) is 5.56 Å². The van der Waals surface area contributed by atoms with Crippen LogP contribution in [0.2, 0.25) is 0 Å². The van der Waals surface area contributed by atoms with E-state index in [4.69, 9.17) is 4.74 Å². The molecule has 1 amide bonds. The Labute approximate surface area is 162 Å². The first-order valence-electron chi connectivity index (χ1n) is 9.09. The van der Waals surface area contributed by atoms with Crippen LogP contribution in [0, 0.1) is 0 Å². The maximum Gasteiger partial charge on any atom is 0.339 e. The van der Waals surface area contributed by atoms with E-state index in [2.05, 4.69) is 11.9 Å². The molecule has 0 bridgehead atoms. The smallest absolute Gasteiger partial charge is 0.339 e. The topological polar surface area (TPSA) is 79.5 Å². The van der Waals surface area contributed by atoms with Gasteiger partial charge in [0.1, 0.15) is 0 Å². The summed E-state index contributed by atoms with van der Waals surface area (Å²) in [6, 6.07) is 16.2. The van der Waals surface area contributed by atoms with E-state index in [-0.39, 0.29) is 18.1 Å². The first kappa shape index (κ1) is 19.4. The Bertz CT molecular complexity index is 1050. The number of hydrogen-bond acceptors (Lipinski definition) is 4. The van der Waals surface area contributed by atoms with E-state index in [0.717, 1.165) is 12.0 Å². The third kappa shape index (κ3) is 4.46. The highest BCUT2D eigenvalue weighted by atomic mass is 16.5. The van der Waals surface area contributed by atoms with E-state index in [1.807, 2.05) is 24.3 Å². The zero-order chi connectivity index (χ0) is 20.1. The molecule has 28 heavy (non-hydrogen) atoms. The Hall–Kier alpha value is -3.41. The molecule has 0 saturated heterocycles. The van der Waals surface area contributed by atoms with Gasteiger partial charge in [-0.25, -0.2) is 4.79 Å². The number of H-pyrrole nitrogens is 1. The molecule has 144 valence electrons. The summed E-state index contributed by atoms with van der Waals surface area (Å²) < 4.78 is 5.17. The quantitative estimate of drug-likeness (QED) is 0.669. The Morgan fingerprint density at radius 1 is 1.04 bits per heavy atom. The average molecular weight is 378 g/mol. The van der Waals surface area contributed by atoms with E-state index in [0.29, 0.717) is 17.4 Å². The summed E-state index contributed by atoms with van der Waals surface area (Å²) >= 11 is 0. The van der Waals surface area contributed by atoms with Crippen molar-refractivity contribution in [3.05, 3.63) is 81.6 Å². The van der Waals surface area contributed by atoms with E-state index in [1.54, 1.807) is 31.3 Å². The van der Waals surface area contributed by atoms with E-state index in [9.17, 15) is 14.4 Å². The minimum atomic E-state index is -0.698. The molecule has 2 aromatic carbocycles. The number of likely N-dealkylation sites (N-methyl/N-ethyl adjacent to an activating group) is 1. The maximum absolute atomic E-state index is 12.4. The van der Waals surface area contributed by atoms with Gasteiger partial charge in [0.15, 0.2) is 6.61 Å².